The van der Waals surface area contributed by atoms with Gasteiger partial charge in [-0.1, -0.05) is 0 Å². The number of nitrogens with zero attached hydrogens (tertiary/aromatic N) is 1. The van der Waals surface area contributed by atoms with Gasteiger partial charge in [-0.05, 0) is 0 Å². The van der Waals surface area contributed by atoms with Gasteiger partial charge in [0.05, 0.1) is 0 Å². The van der Waals surface area contributed by atoms with Gasteiger partial charge in [0.25, 0.3) is 0 Å². The molecule has 0 bridgehead atoms. The molecule has 112 valence electrons. The third kappa shape index (κ3) is 5.00. The number of hydrogen-bond donors (Lipinski definition) is 1. The van der Waals surface area contributed by atoms with Crippen LogP contribution in [-0.2, 0) is 6.42 Å². The van der Waals surface area contributed by atoms with Crippen LogP contribution in [0, 0.1) is 0 Å². The van der Waals surface area contributed by atoms with Crippen LogP contribution < -0.4 is 8.90 Å². The Hall–Kier alpha value is -0.711. The quantitative estimate of drug-likeness (QED) is 0.754. The Balaban J connectivity index is 2.61. The predicted octanol–water partition coefficient (Wildman–Crippen LogP) is 2.83. The van der Waals surface area contributed by atoms with Gasteiger partial charge in [-0.25, -0.2) is 0 Å². The molecule has 0 heterocycles. The van der Waals surface area contributed by atoms with E-state index in [9.17, 15) is 4.79 Å². The van der Waals surface area contributed by atoms with Crippen LogP contribution in [0.2, 0.25) is 14.8 Å². The van der Waals surface area contributed by atoms with Crippen molar-refractivity contribution in [3.63, 3.8) is 0 Å². The summed E-state index contributed by atoms with van der Waals surface area (Å²) in [4.78, 5) is 21.0. The van der Waals surface area contributed by atoms with Crippen molar-refractivity contribution in [1.29, 1.82) is 0 Å². The third-order valence-electron chi connectivity index (χ3n) is 3.55. The van der Waals surface area contributed by atoms with Crippen LogP contribution in [0.5, 0.6) is 0 Å². The van der Waals surface area contributed by atoms with E-state index in [1.807, 2.05) is 18.7 Å². The number of hydrogen-bond acceptors (Lipinski definition) is 1. The summed E-state index contributed by atoms with van der Waals surface area (Å²) in [5.74, 6) is 0. The number of benzene rings is 1. The van der Waals surface area contributed by atoms with E-state index in [0.717, 1.165) is 19.5 Å². The summed E-state index contributed by atoms with van der Waals surface area (Å²) in [5.41, 5.74) is 1.41. The molecule has 0 aliphatic carbocycles. The Bertz CT molecular complexity index is 436. The number of amides is 2. The van der Waals surface area contributed by atoms with E-state index in [4.69, 9.17) is 0 Å². The van der Waals surface area contributed by atoms with E-state index >= 15 is 0 Å². The molecule has 0 spiro atoms. The van der Waals surface area contributed by atoms with E-state index in [2.05, 4.69) is 44.4 Å². The number of urea groups is 1. The average molecular weight is 383 g/mol. The molecule has 1 N–H and O–H groups in total. The van der Waals surface area contributed by atoms with Crippen LogP contribution in [0.3, 0.4) is 0 Å². The van der Waals surface area contributed by atoms with Crippen LogP contribution in [-0.4, -0.2) is 48.9 Å². The molecule has 4 heteroatoms. The van der Waals surface area contributed by atoms with E-state index < -0.39 is 18.4 Å². The average Bonchev–Trinajstić information content (AvgIpc) is 2.39. The first-order valence-electron chi connectivity index (χ1n) is 7.51. The fraction of sp³-hybridized carbons (Fsp3) is 0.562. The van der Waals surface area contributed by atoms with Crippen molar-refractivity contribution in [2.45, 2.75) is 35.1 Å². The SMILES string of the molecule is CCN(CC)C(=O)NCCc1cccc[c]1[Sn]([CH3])([CH3])[CH3]. The molecule has 3 nitrogen and oxygen atoms in total. The molecule has 1 aromatic carbocycles. The van der Waals surface area contributed by atoms with E-state index in [-0.39, 0.29) is 6.03 Å². The number of carbonyl (C=O) groups is 1. The summed E-state index contributed by atoms with van der Waals surface area (Å²) in [7, 11) is 0. The molecule has 0 unspecified atom stereocenters. The third-order valence-corrected chi connectivity index (χ3v) is 9.55. The fourth-order valence-corrected chi connectivity index (χ4v) is 7.44. The van der Waals surface area contributed by atoms with Crippen molar-refractivity contribution in [2.24, 2.45) is 0 Å². The molecule has 2 amide bonds. The van der Waals surface area contributed by atoms with Gasteiger partial charge < -0.3 is 0 Å². The van der Waals surface area contributed by atoms with Crippen molar-refractivity contribution in [3.05, 3.63) is 29.8 Å². The van der Waals surface area contributed by atoms with Crippen LogP contribution in [0.1, 0.15) is 19.4 Å². The van der Waals surface area contributed by atoms with Crippen molar-refractivity contribution in [1.82, 2.24) is 10.2 Å². The van der Waals surface area contributed by atoms with Gasteiger partial charge in [-0.3, -0.25) is 0 Å². The first-order chi connectivity index (χ1) is 9.40. The van der Waals surface area contributed by atoms with Crippen LogP contribution in [0.4, 0.5) is 4.79 Å². The molecular weight excluding hydrogens is 355 g/mol. The topological polar surface area (TPSA) is 32.3 Å². The molecule has 0 aromatic heterocycles. The molecule has 1 aromatic rings. The first kappa shape index (κ1) is 17.3. The zero-order valence-electron chi connectivity index (χ0n) is 13.5. The molecule has 1 rings (SSSR count). The van der Waals surface area contributed by atoms with Gasteiger partial charge in [0.15, 0.2) is 0 Å². The van der Waals surface area contributed by atoms with Crippen LogP contribution in [0.15, 0.2) is 24.3 Å². The van der Waals surface area contributed by atoms with Gasteiger partial charge in [0.1, 0.15) is 0 Å². The molecule has 0 radical (unpaired) electrons. The Kier molecular flexibility index (Phi) is 6.86. The van der Waals surface area contributed by atoms with Gasteiger partial charge >= 0.3 is 128 Å². The predicted molar refractivity (Wildman–Crippen MR) is 89.4 cm³/mol. The van der Waals surface area contributed by atoms with Crippen molar-refractivity contribution < 1.29 is 4.79 Å². The van der Waals surface area contributed by atoms with Gasteiger partial charge in [0, 0.05) is 0 Å². The summed E-state index contributed by atoms with van der Waals surface area (Å²) in [6.07, 6.45) is 0.928. The fourth-order valence-electron chi connectivity index (χ4n) is 2.40. The molecule has 0 aliphatic rings. The van der Waals surface area contributed by atoms with Crippen molar-refractivity contribution >= 4 is 28.0 Å². The minimum atomic E-state index is -2.06. The second-order valence-electron chi connectivity index (χ2n) is 6.06. The molecule has 0 fully saturated rings. The van der Waals surface area contributed by atoms with Gasteiger partial charge in [0.2, 0.25) is 0 Å². The van der Waals surface area contributed by atoms with Crippen molar-refractivity contribution in [3.8, 4) is 0 Å². The molecule has 0 saturated carbocycles. The monoisotopic (exact) mass is 384 g/mol. The first-order valence-corrected chi connectivity index (χ1v) is 17.5. The second kappa shape index (κ2) is 7.91. The summed E-state index contributed by atoms with van der Waals surface area (Å²) in [6.45, 7) is 6.25. The maximum absolute atomic E-state index is 11.9. The zero-order chi connectivity index (χ0) is 15.2. The van der Waals surface area contributed by atoms with E-state index in [1.54, 1.807) is 3.58 Å². The number of rotatable bonds is 6. The van der Waals surface area contributed by atoms with E-state index in [0.29, 0.717) is 6.54 Å². The molecular formula is C16H28N2OSn. The molecule has 0 aliphatic heterocycles. The Morgan fingerprint density at radius 2 is 1.75 bits per heavy atom. The van der Waals surface area contributed by atoms with E-state index in [1.165, 1.54) is 5.56 Å². The number of carbonyl (C=O) groups excluding carboxylic acids is 1. The molecule has 20 heavy (non-hydrogen) atoms. The Morgan fingerprint density at radius 3 is 2.30 bits per heavy atom. The summed E-state index contributed by atoms with van der Waals surface area (Å²) >= 11 is -2.06. The zero-order valence-corrected chi connectivity index (χ0v) is 16.3. The number of nitrogens with one attached hydrogen (secondary N) is 1. The van der Waals surface area contributed by atoms with Gasteiger partial charge in [-0.15, -0.1) is 0 Å². The van der Waals surface area contributed by atoms with Gasteiger partial charge in [-0.2, -0.15) is 0 Å². The van der Waals surface area contributed by atoms with Crippen LogP contribution >= 0.6 is 0 Å². The Morgan fingerprint density at radius 1 is 1.15 bits per heavy atom. The normalized spacial score (nSPS) is 11.2. The molecule has 0 atom stereocenters. The van der Waals surface area contributed by atoms with Crippen LogP contribution in [0.25, 0.3) is 0 Å². The molecule has 0 saturated heterocycles. The summed E-state index contributed by atoms with van der Waals surface area (Å²) < 4.78 is 1.57. The second-order valence-corrected chi connectivity index (χ2v) is 20.4. The summed E-state index contributed by atoms with van der Waals surface area (Å²) in [5, 5.41) is 3.02. The standard InChI is InChI=1S/C13H19N2O.3CH3.Sn/c1-3-15(4-2)13(16)14-11-10-12-8-6-5-7-9-12;;;;/h5-8H,3-4,10-11H2,1-2H3,(H,14,16);3*1H3;. The summed E-state index contributed by atoms with van der Waals surface area (Å²) in [6, 6.07) is 8.77. The maximum atomic E-state index is 11.9. The van der Waals surface area contributed by atoms with Crippen molar-refractivity contribution in [2.75, 3.05) is 19.6 Å². The minimum absolute atomic E-state index is 0.0479. The Labute approximate surface area is 127 Å².